The van der Waals surface area contributed by atoms with Crippen LogP contribution in [-0.4, -0.2) is 36.9 Å². The molecule has 5 heteroatoms. The van der Waals surface area contributed by atoms with Crippen LogP contribution in [0.2, 0.25) is 0 Å². The van der Waals surface area contributed by atoms with Crippen LogP contribution in [-0.2, 0) is 16.1 Å². The summed E-state index contributed by atoms with van der Waals surface area (Å²) in [6, 6.07) is 7.51. The van der Waals surface area contributed by atoms with Crippen LogP contribution in [0.1, 0.15) is 39.2 Å². The van der Waals surface area contributed by atoms with Crippen LogP contribution in [0.15, 0.2) is 24.3 Å². The Labute approximate surface area is 144 Å². The first-order valence-corrected chi connectivity index (χ1v) is 8.55. The molecule has 1 aliphatic rings. The number of likely N-dealkylation sites (tertiary alicyclic amines) is 1. The van der Waals surface area contributed by atoms with Gasteiger partial charge in [-0.25, -0.2) is 0 Å². The van der Waals surface area contributed by atoms with Crippen molar-refractivity contribution in [1.82, 2.24) is 10.2 Å². The fraction of sp³-hybridized carbons (Fsp3) is 0.579. The Kier molecular flexibility index (Phi) is 5.86. The first-order chi connectivity index (χ1) is 11.3. The zero-order valence-electron chi connectivity index (χ0n) is 15.1. The number of carbonyl (C=O) groups is 2. The molecule has 5 nitrogen and oxygen atoms in total. The quantitative estimate of drug-likeness (QED) is 0.843. The minimum absolute atomic E-state index is 0.0818. The normalized spacial score (nSPS) is 15.9. The van der Waals surface area contributed by atoms with Crippen molar-refractivity contribution in [3.8, 4) is 5.75 Å². The highest BCUT2D eigenvalue weighted by molar-refractivity contribution is 6.04. The van der Waals surface area contributed by atoms with Crippen molar-refractivity contribution >= 4 is 11.8 Å². The number of hydrogen-bond donors (Lipinski definition) is 1. The summed E-state index contributed by atoms with van der Waals surface area (Å²) in [5.41, 5.74) is -0.0771. The molecule has 0 bridgehead atoms. The van der Waals surface area contributed by atoms with Gasteiger partial charge in [0.2, 0.25) is 11.8 Å². The molecular formula is C19H28N2O3. The van der Waals surface area contributed by atoms with E-state index in [0.717, 1.165) is 37.2 Å². The number of hydrogen-bond acceptors (Lipinski definition) is 3. The van der Waals surface area contributed by atoms with Gasteiger partial charge in [0, 0.05) is 19.6 Å². The number of nitrogens with zero attached hydrogens (tertiary/aromatic N) is 1. The number of methoxy groups -OCH3 is 1. The lowest BCUT2D eigenvalue weighted by molar-refractivity contribution is -0.149. The molecule has 1 saturated heterocycles. The van der Waals surface area contributed by atoms with Crippen molar-refractivity contribution in [2.45, 2.75) is 40.2 Å². The van der Waals surface area contributed by atoms with Gasteiger partial charge in [0.15, 0.2) is 0 Å². The lowest BCUT2D eigenvalue weighted by Gasteiger charge is -2.35. The maximum atomic E-state index is 12.7. The summed E-state index contributed by atoms with van der Waals surface area (Å²) in [5.74, 6) is 1.12. The summed E-state index contributed by atoms with van der Waals surface area (Å²) in [4.78, 5) is 27.1. The molecule has 0 aromatic heterocycles. The van der Waals surface area contributed by atoms with Gasteiger partial charge >= 0.3 is 0 Å². The summed E-state index contributed by atoms with van der Waals surface area (Å²) in [6.45, 7) is 7.50. The molecule has 1 N–H and O–H groups in total. The molecule has 1 fully saturated rings. The van der Waals surface area contributed by atoms with E-state index < -0.39 is 5.41 Å². The molecule has 0 atom stereocenters. The van der Waals surface area contributed by atoms with Crippen LogP contribution in [0.4, 0.5) is 0 Å². The fourth-order valence-electron chi connectivity index (χ4n) is 2.85. The molecule has 0 spiro atoms. The van der Waals surface area contributed by atoms with Gasteiger partial charge in [0.1, 0.15) is 11.2 Å². The Morgan fingerprint density at radius 3 is 2.33 bits per heavy atom. The van der Waals surface area contributed by atoms with Crippen molar-refractivity contribution in [2.24, 2.45) is 11.3 Å². The third-order valence-electron chi connectivity index (χ3n) is 4.79. The van der Waals surface area contributed by atoms with E-state index in [1.807, 2.05) is 29.2 Å². The molecule has 0 radical (unpaired) electrons. The van der Waals surface area contributed by atoms with Gasteiger partial charge in [0.25, 0.3) is 0 Å². The van der Waals surface area contributed by atoms with E-state index in [2.05, 4.69) is 12.2 Å². The van der Waals surface area contributed by atoms with E-state index in [9.17, 15) is 9.59 Å². The second-order valence-electron chi connectivity index (χ2n) is 7.13. The number of amides is 2. The summed E-state index contributed by atoms with van der Waals surface area (Å²) < 4.78 is 5.12. The van der Waals surface area contributed by atoms with Gasteiger partial charge in [-0.2, -0.15) is 0 Å². The van der Waals surface area contributed by atoms with E-state index in [1.165, 1.54) is 0 Å². The lowest BCUT2D eigenvalue weighted by Crippen LogP contribution is -2.51. The Bertz CT molecular complexity index is 573. The summed E-state index contributed by atoms with van der Waals surface area (Å²) >= 11 is 0. The number of ether oxygens (including phenoxy) is 1. The highest BCUT2D eigenvalue weighted by Crippen LogP contribution is 2.24. The number of rotatable bonds is 5. The fourth-order valence-corrected chi connectivity index (χ4v) is 2.85. The average Bonchev–Trinajstić information content (AvgIpc) is 2.60. The zero-order valence-corrected chi connectivity index (χ0v) is 15.1. The van der Waals surface area contributed by atoms with Crippen LogP contribution in [0, 0.1) is 11.3 Å². The first kappa shape index (κ1) is 18.3. The smallest absolute Gasteiger partial charge is 0.237 e. The van der Waals surface area contributed by atoms with Crippen molar-refractivity contribution in [1.29, 1.82) is 0 Å². The van der Waals surface area contributed by atoms with E-state index in [4.69, 9.17) is 4.74 Å². The summed E-state index contributed by atoms with van der Waals surface area (Å²) in [6.07, 6.45) is 2.02. The Balaban J connectivity index is 1.92. The molecule has 1 heterocycles. The topological polar surface area (TPSA) is 58.6 Å². The minimum Gasteiger partial charge on any atom is -0.497 e. The van der Waals surface area contributed by atoms with Gasteiger partial charge in [0.05, 0.1) is 7.11 Å². The van der Waals surface area contributed by atoms with Crippen LogP contribution in [0.3, 0.4) is 0 Å². The van der Waals surface area contributed by atoms with Gasteiger partial charge in [-0.15, -0.1) is 0 Å². The van der Waals surface area contributed by atoms with Gasteiger partial charge in [-0.05, 0) is 50.3 Å². The molecule has 0 unspecified atom stereocenters. The predicted octanol–water partition coefficient (Wildman–Crippen LogP) is 2.60. The van der Waals surface area contributed by atoms with Crippen LogP contribution >= 0.6 is 0 Å². The van der Waals surface area contributed by atoms with Gasteiger partial charge in [-0.3, -0.25) is 9.59 Å². The predicted molar refractivity (Wildman–Crippen MR) is 93.6 cm³/mol. The minimum atomic E-state index is -1.05. The molecule has 2 rings (SSSR count). The SMILES string of the molecule is COc1ccc(CNC(=O)C(C)(C)C(=O)N2CCC(C)CC2)cc1. The van der Waals surface area contributed by atoms with Crippen molar-refractivity contribution < 1.29 is 14.3 Å². The Morgan fingerprint density at radius 1 is 1.21 bits per heavy atom. The first-order valence-electron chi connectivity index (χ1n) is 8.55. The van der Waals surface area contributed by atoms with Crippen LogP contribution in [0.25, 0.3) is 0 Å². The van der Waals surface area contributed by atoms with Crippen molar-refractivity contribution in [2.75, 3.05) is 20.2 Å². The van der Waals surface area contributed by atoms with Crippen molar-refractivity contribution in [3.63, 3.8) is 0 Å². The second-order valence-corrected chi connectivity index (χ2v) is 7.13. The second kappa shape index (κ2) is 7.69. The number of piperidine rings is 1. The molecule has 24 heavy (non-hydrogen) atoms. The van der Waals surface area contributed by atoms with Crippen LogP contribution < -0.4 is 10.1 Å². The van der Waals surface area contributed by atoms with E-state index in [1.54, 1.807) is 21.0 Å². The highest BCUT2D eigenvalue weighted by atomic mass is 16.5. The van der Waals surface area contributed by atoms with E-state index in [0.29, 0.717) is 12.5 Å². The summed E-state index contributed by atoms with van der Waals surface area (Å²) in [5, 5.41) is 2.88. The summed E-state index contributed by atoms with van der Waals surface area (Å²) in [7, 11) is 1.62. The Hall–Kier alpha value is -2.04. The lowest BCUT2D eigenvalue weighted by atomic mass is 9.88. The largest absolute Gasteiger partial charge is 0.497 e. The number of benzene rings is 1. The average molecular weight is 332 g/mol. The molecule has 1 aromatic rings. The van der Waals surface area contributed by atoms with Crippen molar-refractivity contribution in [3.05, 3.63) is 29.8 Å². The highest BCUT2D eigenvalue weighted by Gasteiger charge is 2.39. The maximum absolute atomic E-state index is 12.7. The Morgan fingerprint density at radius 2 is 1.79 bits per heavy atom. The van der Waals surface area contributed by atoms with Gasteiger partial charge in [-0.1, -0.05) is 19.1 Å². The monoisotopic (exact) mass is 332 g/mol. The molecule has 0 aliphatic carbocycles. The standard InChI is InChI=1S/C19H28N2O3/c1-14-9-11-21(12-10-14)18(23)19(2,3)17(22)20-13-15-5-7-16(24-4)8-6-15/h5-8,14H,9-13H2,1-4H3,(H,20,22). The molecular weight excluding hydrogens is 304 g/mol. The van der Waals surface area contributed by atoms with E-state index >= 15 is 0 Å². The number of nitrogens with one attached hydrogen (secondary N) is 1. The van der Waals surface area contributed by atoms with E-state index in [-0.39, 0.29) is 11.8 Å². The molecule has 0 saturated carbocycles. The third kappa shape index (κ3) is 4.28. The maximum Gasteiger partial charge on any atom is 0.237 e. The molecule has 2 amide bonds. The molecule has 1 aromatic carbocycles. The van der Waals surface area contributed by atoms with Gasteiger partial charge < -0.3 is 15.0 Å². The molecule has 1 aliphatic heterocycles. The third-order valence-corrected chi connectivity index (χ3v) is 4.79. The zero-order chi connectivity index (χ0) is 17.7. The number of carbonyl (C=O) groups excluding carboxylic acids is 2. The molecule has 132 valence electrons. The van der Waals surface area contributed by atoms with Crippen LogP contribution in [0.5, 0.6) is 5.75 Å².